The normalized spacial score (nSPS) is 11.2. The first-order valence-electron chi connectivity index (χ1n) is 7.06. The number of fused-ring (bicyclic) bond motifs is 1. The third kappa shape index (κ3) is 3.21. The molecule has 0 unspecified atom stereocenters. The van der Waals surface area contributed by atoms with E-state index >= 15 is 0 Å². The average Bonchev–Trinajstić information content (AvgIpc) is 2.83. The standard InChI is InChI=1S/C16H15BrClN3OS/c1-9-12(10-3-5-11(17)6-4-10)13-14(21(2)7-8-22)19-16(18)20-15(13)23-9/h3-6,22H,7-8H2,1-2H3. The molecule has 0 atom stereocenters. The minimum absolute atomic E-state index is 0.0519. The zero-order valence-corrected chi connectivity index (χ0v) is 15.8. The van der Waals surface area contributed by atoms with Gasteiger partial charge in [0.15, 0.2) is 0 Å². The highest BCUT2D eigenvalue weighted by atomic mass is 79.9. The van der Waals surface area contributed by atoms with Crippen LogP contribution in [-0.2, 0) is 0 Å². The zero-order chi connectivity index (χ0) is 16.6. The number of hydrogen-bond donors (Lipinski definition) is 1. The van der Waals surface area contributed by atoms with Gasteiger partial charge in [-0.2, -0.15) is 4.98 Å². The van der Waals surface area contributed by atoms with Crippen LogP contribution < -0.4 is 4.90 Å². The van der Waals surface area contributed by atoms with Gasteiger partial charge < -0.3 is 10.0 Å². The van der Waals surface area contributed by atoms with Crippen LogP contribution in [0, 0.1) is 6.92 Å². The number of nitrogens with zero attached hydrogens (tertiary/aromatic N) is 3. The molecule has 3 aromatic rings. The van der Waals surface area contributed by atoms with Crippen LogP contribution in [0.3, 0.4) is 0 Å². The Hall–Kier alpha value is -1.21. The van der Waals surface area contributed by atoms with E-state index in [-0.39, 0.29) is 11.9 Å². The molecule has 0 radical (unpaired) electrons. The molecule has 0 saturated carbocycles. The van der Waals surface area contributed by atoms with Crippen molar-refractivity contribution in [2.75, 3.05) is 25.1 Å². The van der Waals surface area contributed by atoms with Gasteiger partial charge in [-0.3, -0.25) is 0 Å². The van der Waals surface area contributed by atoms with E-state index in [0.717, 1.165) is 36.5 Å². The molecule has 0 fully saturated rings. The van der Waals surface area contributed by atoms with Gasteiger partial charge in [-0.05, 0) is 36.2 Å². The lowest BCUT2D eigenvalue weighted by Gasteiger charge is -2.18. The maximum atomic E-state index is 9.24. The molecule has 0 spiro atoms. The highest BCUT2D eigenvalue weighted by Crippen LogP contribution is 2.42. The summed E-state index contributed by atoms with van der Waals surface area (Å²) in [6, 6.07) is 8.18. The molecule has 4 nitrogen and oxygen atoms in total. The van der Waals surface area contributed by atoms with Crippen molar-refractivity contribution in [3.63, 3.8) is 0 Å². The van der Waals surface area contributed by atoms with Crippen molar-refractivity contribution in [3.8, 4) is 11.1 Å². The Bertz CT molecular complexity index is 851. The Balaban J connectivity index is 2.29. The lowest BCUT2D eigenvalue weighted by Crippen LogP contribution is -2.22. The summed E-state index contributed by atoms with van der Waals surface area (Å²) in [4.78, 5) is 12.7. The first kappa shape index (κ1) is 16.6. The smallest absolute Gasteiger partial charge is 0.225 e. The number of aromatic nitrogens is 2. The van der Waals surface area contributed by atoms with E-state index in [1.54, 1.807) is 11.3 Å². The fraction of sp³-hybridized carbons (Fsp3) is 0.250. The summed E-state index contributed by atoms with van der Waals surface area (Å²) >= 11 is 11.2. The molecule has 0 bridgehead atoms. The Labute approximate surface area is 151 Å². The Morgan fingerprint density at radius 2 is 1.96 bits per heavy atom. The van der Waals surface area contributed by atoms with Crippen molar-refractivity contribution in [2.24, 2.45) is 0 Å². The highest BCUT2D eigenvalue weighted by Gasteiger charge is 2.20. The number of thiophene rings is 1. The van der Waals surface area contributed by atoms with Gasteiger partial charge in [0, 0.05) is 28.5 Å². The molecule has 7 heteroatoms. The van der Waals surface area contributed by atoms with Crippen molar-refractivity contribution >= 4 is 54.9 Å². The molecule has 0 saturated heterocycles. The van der Waals surface area contributed by atoms with Gasteiger partial charge in [0.1, 0.15) is 10.6 Å². The minimum Gasteiger partial charge on any atom is -0.395 e. The first-order valence-corrected chi connectivity index (χ1v) is 9.04. The largest absolute Gasteiger partial charge is 0.395 e. The fourth-order valence-electron chi connectivity index (χ4n) is 2.56. The molecule has 3 rings (SSSR count). The summed E-state index contributed by atoms with van der Waals surface area (Å²) in [6.45, 7) is 2.61. The van der Waals surface area contributed by atoms with E-state index < -0.39 is 0 Å². The van der Waals surface area contributed by atoms with Crippen LogP contribution in [0.15, 0.2) is 28.7 Å². The number of benzene rings is 1. The monoisotopic (exact) mass is 411 g/mol. The van der Waals surface area contributed by atoms with E-state index in [1.165, 1.54) is 0 Å². The van der Waals surface area contributed by atoms with Gasteiger partial charge >= 0.3 is 0 Å². The van der Waals surface area contributed by atoms with Gasteiger partial charge in [-0.25, -0.2) is 4.98 Å². The van der Waals surface area contributed by atoms with Gasteiger partial charge in [0.2, 0.25) is 5.28 Å². The number of anilines is 1. The molecule has 2 aromatic heterocycles. The molecule has 23 heavy (non-hydrogen) atoms. The predicted molar refractivity (Wildman–Crippen MR) is 101 cm³/mol. The second-order valence-electron chi connectivity index (χ2n) is 5.18. The molecule has 0 amide bonds. The number of likely N-dealkylation sites (N-methyl/N-ethyl adjacent to an activating group) is 1. The molecule has 2 heterocycles. The van der Waals surface area contributed by atoms with Crippen molar-refractivity contribution < 1.29 is 5.11 Å². The maximum absolute atomic E-state index is 9.24. The number of rotatable bonds is 4. The van der Waals surface area contributed by atoms with E-state index in [9.17, 15) is 5.11 Å². The van der Waals surface area contributed by atoms with Crippen molar-refractivity contribution in [2.45, 2.75) is 6.92 Å². The van der Waals surface area contributed by atoms with E-state index in [2.05, 4.69) is 45.0 Å². The third-order valence-electron chi connectivity index (χ3n) is 3.61. The molecule has 120 valence electrons. The molecule has 0 aliphatic heterocycles. The number of aliphatic hydroxyl groups is 1. The van der Waals surface area contributed by atoms with Crippen LogP contribution in [0.25, 0.3) is 21.3 Å². The SMILES string of the molecule is Cc1sc2nc(Cl)nc(N(C)CCO)c2c1-c1ccc(Br)cc1. The number of halogens is 2. The summed E-state index contributed by atoms with van der Waals surface area (Å²) in [6.07, 6.45) is 0. The van der Waals surface area contributed by atoms with Crippen LogP contribution >= 0.6 is 38.9 Å². The van der Waals surface area contributed by atoms with Crippen LogP contribution in [0.2, 0.25) is 5.28 Å². The summed E-state index contributed by atoms with van der Waals surface area (Å²) < 4.78 is 1.04. The number of aryl methyl sites for hydroxylation is 1. The minimum atomic E-state index is 0.0519. The molecular formula is C16H15BrClN3OS. The summed E-state index contributed by atoms with van der Waals surface area (Å²) in [7, 11) is 1.90. The molecule has 0 aliphatic rings. The summed E-state index contributed by atoms with van der Waals surface area (Å²) in [5, 5.41) is 10.4. The number of aliphatic hydroxyl groups excluding tert-OH is 1. The Morgan fingerprint density at radius 3 is 2.61 bits per heavy atom. The van der Waals surface area contributed by atoms with E-state index in [0.29, 0.717) is 6.54 Å². The van der Waals surface area contributed by atoms with Crippen LogP contribution in [0.4, 0.5) is 5.82 Å². The quantitative estimate of drug-likeness (QED) is 0.641. The Morgan fingerprint density at radius 1 is 1.26 bits per heavy atom. The van der Waals surface area contributed by atoms with Gasteiger partial charge in [-0.1, -0.05) is 28.1 Å². The van der Waals surface area contributed by atoms with Gasteiger partial charge in [-0.15, -0.1) is 11.3 Å². The van der Waals surface area contributed by atoms with Gasteiger partial charge in [0.25, 0.3) is 0 Å². The van der Waals surface area contributed by atoms with Crippen molar-refractivity contribution in [1.82, 2.24) is 9.97 Å². The van der Waals surface area contributed by atoms with Crippen LogP contribution in [0.1, 0.15) is 4.88 Å². The predicted octanol–water partition coefficient (Wildman–Crippen LogP) is 4.51. The lowest BCUT2D eigenvalue weighted by atomic mass is 10.0. The van der Waals surface area contributed by atoms with Crippen molar-refractivity contribution in [3.05, 3.63) is 38.9 Å². The number of hydrogen-bond acceptors (Lipinski definition) is 5. The molecule has 1 aromatic carbocycles. The first-order chi connectivity index (χ1) is 11.0. The molecule has 1 N–H and O–H groups in total. The highest BCUT2D eigenvalue weighted by molar-refractivity contribution is 9.10. The summed E-state index contributed by atoms with van der Waals surface area (Å²) in [5.74, 6) is 0.747. The molecule has 0 aliphatic carbocycles. The Kier molecular flexibility index (Phi) is 4.87. The van der Waals surface area contributed by atoms with E-state index in [4.69, 9.17) is 11.6 Å². The van der Waals surface area contributed by atoms with Crippen LogP contribution in [-0.4, -0.2) is 35.3 Å². The second-order valence-corrected chi connectivity index (χ2v) is 7.64. The second kappa shape index (κ2) is 6.73. The topological polar surface area (TPSA) is 49.2 Å². The zero-order valence-electron chi connectivity index (χ0n) is 12.7. The third-order valence-corrected chi connectivity index (χ3v) is 5.31. The maximum Gasteiger partial charge on any atom is 0.225 e. The molecular weight excluding hydrogens is 398 g/mol. The van der Waals surface area contributed by atoms with Crippen molar-refractivity contribution in [1.29, 1.82) is 0 Å². The van der Waals surface area contributed by atoms with Crippen LogP contribution in [0.5, 0.6) is 0 Å². The summed E-state index contributed by atoms with van der Waals surface area (Å²) in [5.41, 5.74) is 2.23. The average molecular weight is 413 g/mol. The van der Waals surface area contributed by atoms with Gasteiger partial charge in [0.05, 0.1) is 12.0 Å². The lowest BCUT2D eigenvalue weighted by molar-refractivity contribution is 0.304. The van der Waals surface area contributed by atoms with E-state index in [1.807, 2.05) is 24.1 Å². The fourth-order valence-corrected chi connectivity index (χ4v) is 4.08.